The zero-order valence-corrected chi connectivity index (χ0v) is 17.7. The van der Waals surface area contributed by atoms with E-state index < -0.39 is 0 Å². The zero-order chi connectivity index (χ0) is 20.6. The summed E-state index contributed by atoms with van der Waals surface area (Å²) in [5.74, 6) is 0.708. The number of carbonyl (C=O) groups excluding carboxylic acids is 2. The standard InChI is InChI=1S/C22H34N4O3/c1-3-29-20-12-8-7-11-19(20)26-15-13-25(14-16-26)17(2)21(27)24-22(28)23-18-9-5-4-6-10-18/h7-8,11-12,17-18H,3-6,9-10,13-16H2,1-2H3,(H2,23,24,27,28)/p+1/t17-/m0/s1. The minimum absolute atomic E-state index is 0.198. The fourth-order valence-electron chi connectivity index (χ4n) is 4.34. The van der Waals surface area contributed by atoms with Crippen molar-refractivity contribution in [3.8, 4) is 5.75 Å². The van der Waals surface area contributed by atoms with Crippen LogP contribution in [0.15, 0.2) is 24.3 Å². The first-order valence-electron chi connectivity index (χ1n) is 11.0. The molecule has 160 valence electrons. The second kappa shape index (κ2) is 10.5. The summed E-state index contributed by atoms with van der Waals surface area (Å²) in [6.07, 6.45) is 5.55. The monoisotopic (exact) mass is 403 g/mol. The largest absolute Gasteiger partial charge is 0.492 e. The highest BCUT2D eigenvalue weighted by atomic mass is 16.5. The predicted octanol–water partition coefficient (Wildman–Crippen LogP) is 1.34. The van der Waals surface area contributed by atoms with Crippen LogP contribution in [0.4, 0.5) is 10.5 Å². The molecule has 1 saturated carbocycles. The molecule has 1 saturated heterocycles. The molecule has 2 aliphatic rings. The van der Waals surface area contributed by atoms with Crippen LogP contribution in [0.3, 0.4) is 0 Å². The Hall–Kier alpha value is -2.28. The van der Waals surface area contributed by atoms with E-state index in [1.54, 1.807) is 0 Å². The fraction of sp³-hybridized carbons (Fsp3) is 0.636. The molecule has 7 nitrogen and oxygen atoms in total. The van der Waals surface area contributed by atoms with Gasteiger partial charge in [0.25, 0.3) is 5.91 Å². The van der Waals surface area contributed by atoms with Crippen LogP contribution in [0.25, 0.3) is 0 Å². The Balaban J connectivity index is 1.47. The summed E-state index contributed by atoms with van der Waals surface area (Å²) < 4.78 is 5.75. The molecule has 7 heteroatoms. The Morgan fingerprint density at radius 3 is 2.55 bits per heavy atom. The molecule has 1 heterocycles. The Morgan fingerprint density at radius 2 is 1.86 bits per heavy atom. The van der Waals surface area contributed by atoms with E-state index in [-0.39, 0.29) is 24.0 Å². The molecule has 1 aromatic carbocycles. The van der Waals surface area contributed by atoms with Gasteiger partial charge in [-0.1, -0.05) is 31.4 Å². The van der Waals surface area contributed by atoms with Gasteiger partial charge in [0.2, 0.25) is 0 Å². The predicted molar refractivity (Wildman–Crippen MR) is 114 cm³/mol. The van der Waals surface area contributed by atoms with E-state index in [0.29, 0.717) is 6.61 Å². The second-order valence-electron chi connectivity index (χ2n) is 8.07. The number of carbonyl (C=O) groups is 2. The maximum absolute atomic E-state index is 12.6. The summed E-state index contributed by atoms with van der Waals surface area (Å²) in [6, 6.07) is 7.70. The van der Waals surface area contributed by atoms with Crippen molar-refractivity contribution < 1.29 is 19.2 Å². The van der Waals surface area contributed by atoms with Gasteiger partial charge in [0.05, 0.1) is 38.5 Å². The molecule has 2 fully saturated rings. The summed E-state index contributed by atoms with van der Waals surface area (Å²) in [7, 11) is 0. The number of hydrogen-bond donors (Lipinski definition) is 3. The van der Waals surface area contributed by atoms with Crippen molar-refractivity contribution in [2.24, 2.45) is 0 Å². The summed E-state index contributed by atoms with van der Waals surface area (Å²) >= 11 is 0. The van der Waals surface area contributed by atoms with E-state index in [2.05, 4.69) is 21.6 Å². The molecule has 29 heavy (non-hydrogen) atoms. The first kappa shape index (κ1) is 21.4. The van der Waals surface area contributed by atoms with E-state index in [0.717, 1.165) is 63.3 Å². The molecule has 0 unspecified atom stereocenters. The smallest absolute Gasteiger partial charge is 0.321 e. The summed E-state index contributed by atoms with van der Waals surface area (Å²) in [5.41, 5.74) is 1.11. The van der Waals surface area contributed by atoms with Crippen LogP contribution in [0.1, 0.15) is 46.0 Å². The molecule has 0 spiro atoms. The van der Waals surface area contributed by atoms with E-state index >= 15 is 0 Å². The van der Waals surface area contributed by atoms with Gasteiger partial charge in [-0.25, -0.2) is 4.79 Å². The molecule has 1 atom stereocenters. The SMILES string of the molecule is CCOc1ccccc1N1CC[NH+]([C@@H](C)C(=O)NC(=O)NC2CCCCC2)CC1. The molecule has 1 aliphatic carbocycles. The second-order valence-corrected chi connectivity index (χ2v) is 8.07. The molecule has 3 amide bonds. The molecule has 3 N–H and O–H groups in total. The van der Waals surface area contributed by atoms with Crippen molar-refractivity contribution in [2.45, 2.75) is 58.0 Å². The van der Waals surface area contributed by atoms with Crippen molar-refractivity contribution in [1.82, 2.24) is 10.6 Å². The minimum Gasteiger partial charge on any atom is -0.492 e. The van der Waals surface area contributed by atoms with Crippen LogP contribution >= 0.6 is 0 Å². The number of amides is 3. The van der Waals surface area contributed by atoms with Crippen LogP contribution in [-0.2, 0) is 4.79 Å². The van der Waals surface area contributed by atoms with Crippen molar-refractivity contribution in [2.75, 3.05) is 37.7 Å². The first-order valence-corrected chi connectivity index (χ1v) is 11.0. The quantitative estimate of drug-likeness (QED) is 0.670. The minimum atomic E-state index is -0.350. The normalized spacial score (nSPS) is 19.4. The highest BCUT2D eigenvalue weighted by molar-refractivity contribution is 5.96. The first-order chi connectivity index (χ1) is 14.1. The number of nitrogens with zero attached hydrogens (tertiary/aromatic N) is 1. The van der Waals surface area contributed by atoms with Crippen molar-refractivity contribution in [3.63, 3.8) is 0 Å². The molecular formula is C22H35N4O3+. The number of ether oxygens (including phenoxy) is 1. The lowest BCUT2D eigenvalue weighted by atomic mass is 9.96. The topological polar surface area (TPSA) is 75.1 Å². The average Bonchev–Trinajstić information content (AvgIpc) is 2.74. The molecule has 3 rings (SSSR count). The van der Waals surface area contributed by atoms with Crippen molar-refractivity contribution in [3.05, 3.63) is 24.3 Å². The molecule has 0 bridgehead atoms. The molecule has 0 aromatic heterocycles. The molecule has 1 aromatic rings. The van der Waals surface area contributed by atoms with Crippen LogP contribution < -0.4 is 25.2 Å². The van der Waals surface area contributed by atoms with Gasteiger partial charge in [0.15, 0.2) is 6.04 Å². The van der Waals surface area contributed by atoms with Gasteiger partial charge in [-0.15, -0.1) is 0 Å². The van der Waals surface area contributed by atoms with E-state index in [1.807, 2.05) is 32.0 Å². The number of urea groups is 1. The zero-order valence-electron chi connectivity index (χ0n) is 17.7. The van der Waals surface area contributed by atoms with Crippen LogP contribution in [0.2, 0.25) is 0 Å². The van der Waals surface area contributed by atoms with Crippen molar-refractivity contribution >= 4 is 17.6 Å². The fourth-order valence-corrected chi connectivity index (χ4v) is 4.34. The lowest BCUT2D eigenvalue weighted by Gasteiger charge is -2.36. The van der Waals surface area contributed by atoms with Gasteiger partial charge in [-0.2, -0.15) is 0 Å². The number of para-hydroxylation sites is 2. The Bertz CT molecular complexity index is 682. The number of nitrogens with one attached hydrogen (secondary N) is 3. The van der Waals surface area contributed by atoms with E-state index in [9.17, 15) is 9.59 Å². The van der Waals surface area contributed by atoms with Gasteiger partial charge < -0.3 is 19.9 Å². The van der Waals surface area contributed by atoms with Crippen molar-refractivity contribution in [1.29, 1.82) is 0 Å². The number of piperazine rings is 1. The van der Waals surface area contributed by atoms with Gasteiger partial charge in [0, 0.05) is 6.04 Å². The van der Waals surface area contributed by atoms with E-state index in [4.69, 9.17) is 4.74 Å². The van der Waals surface area contributed by atoms with Crippen LogP contribution in [0, 0.1) is 0 Å². The third kappa shape index (κ3) is 5.85. The Kier molecular flexibility index (Phi) is 7.75. The third-order valence-corrected chi connectivity index (χ3v) is 6.09. The molecule has 0 radical (unpaired) electrons. The van der Waals surface area contributed by atoms with Gasteiger partial charge in [-0.05, 0) is 38.8 Å². The summed E-state index contributed by atoms with van der Waals surface area (Å²) in [6.45, 7) is 7.93. The summed E-state index contributed by atoms with van der Waals surface area (Å²) in [4.78, 5) is 28.3. The number of anilines is 1. The van der Waals surface area contributed by atoms with Gasteiger partial charge in [-0.3, -0.25) is 10.1 Å². The number of benzene rings is 1. The number of hydrogen-bond acceptors (Lipinski definition) is 4. The Labute approximate surface area is 173 Å². The van der Waals surface area contributed by atoms with E-state index in [1.165, 1.54) is 11.3 Å². The number of rotatable bonds is 6. The lowest BCUT2D eigenvalue weighted by Crippen LogP contribution is -3.19. The summed E-state index contributed by atoms with van der Waals surface area (Å²) in [5, 5.41) is 5.50. The van der Waals surface area contributed by atoms with Gasteiger partial charge >= 0.3 is 6.03 Å². The third-order valence-electron chi connectivity index (χ3n) is 6.09. The van der Waals surface area contributed by atoms with Crippen LogP contribution in [0.5, 0.6) is 5.75 Å². The average molecular weight is 404 g/mol. The number of imide groups is 1. The lowest BCUT2D eigenvalue weighted by molar-refractivity contribution is -0.914. The highest BCUT2D eigenvalue weighted by Gasteiger charge is 2.31. The number of quaternary nitrogens is 1. The van der Waals surface area contributed by atoms with Gasteiger partial charge in [0.1, 0.15) is 5.75 Å². The highest BCUT2D eigenvalue weighted by Crippen LogP contribution is 2.27. The Morgan fingerprint density at radius 1 is 1.17 bits per heavy atom. The maximum Gasteiger partial charge on any atom is 0.321 e. The molecule has 1 aliphatic heterocycles. The maximum atomic E-state index is 12.6. The molecular weight excluding hydrogens is 368 g/mol. The van der Waals surface area contributed by atoms with Crippen LogP contribution in [-0.4, -0.2) is 56.8 Å².